The molecule has 0 saturated heterocycles. The molecule has 2 unspecified atom stereocenters. The van der Waals surface area contributed by atoms with Gasteiger partial charge in [-0.2, -0.15) is 0 Å². The third kappa shape index (κ3) is 1.22. The fourth-order valence-corrected chi connectivity index (χ4v) is 4.87. The number of thiophene rings is 1. The highest BCUT2D eigenvalue weighted by atomic mass is 32.2. The van der Waals surface area contributed by atoms with Gasteiger partial charge in [-0.05, 0) is 30.4 Å². The van der Waals surface area contributed by atoms with Crippen LogP contribution in [-0.4, -0.2) is 13.7 Å². The van der Waals surface area contributed by atoms with Crippen LogP contribution in [0.2, 0.25) is 0 Å². The van der Waals surface area contributed by atoms with Gasteiger partial charge >= 0.3 is 0 Å². The molecule has 1 aliphatic rings. The Morgan fingerprint density at radius 2 is 2.31 bits per heavy atom. The Bertz CT molecular complexity index is 421. The lowest BCUT2D eigenvalue weighted by Crippen LogP contribution is -2.29. The number of hydrogen-bond acceptors (Lipinski definition) is 4. The molecule has 0 aromatic carbocycles. The SMILES string of the molecule is CC1CC(N)c2ccsc2S1(=O)=O. The lowest BCUT2D eigenvalue weighted by atomic mass is 10.1. The Morgan fingerprint density at radius 1 is 1.62 bits per heavy atom. The predicted molar refractivity (Wildman–Crippen MR) is 52.5 cm³/mol. The fraction of sp³-hybridized carbons (Fsp3) is 0.500. The molecule has 2 heterocycles. The molecule has 2 rings (SSSR count). The van der Waals surface area contributed by atoms with Gasteiger partial charge in [-0.1, -0.05) is 0 Å². The van der Waals surface area contributed by atoms with Gasteiger partial charge in [-0.3, -0.25) is 0 Å². The van der Waals surface area contributed by atoms with Gasteiger partial charge < -0.3 is 5.73 Å². The molecule has 3 nitrogen and oxygen atoms in total. The van der Waals surface area contributed by atoms with E-state index in [-0.39, 0.29) is 11.3 Å². The predicted octanol–water partition coefficient (Wildman–Crippen LogP) is 1.31. The zero-order valence-electron chi connectivity index (χ0n) is 7.23. The quantitative estimate of drug-likeness (QED) is 0.713. The van der Waals surface area contributed by atoms with Gasteiger partial charge in [-0.25, -0.2) is 8.42 Å². The second kappa shape index (κ2) is 2.80. The van der Waals surface area contributed by atoms with Crippen molar-refractivity contribution in [1.29, 1.82) is 0 Å². The lowest BCUT2D eigenvalue weighted by molar-refractivity contribution is 0.542. The third-order valence-corrected chi connectivity index (χ3v) is 6.14. The first kappa shape index (κ1) is 9.18. The summed E-state index contributed by atoms with van der Waals surface area (Å²) in [5.41, 5.74) is 6.64. The Morgan fingerprint density at radius 3 is 3.00 bits per heavy atom. The zero-order valence-corrected chi connectivity index (χ0v) is 8.86. The Hall–Kier alpha value is -0.390. The third-order valence-electron chi connectivity index (χ3n) is 2.43. The fourth-order valence-electron chi connectivity index (χ4n) is 1.61. The summed E-state index contributed by atoms with van der Waals surface area (Å²) in [6.45, 7) is 1.72. The zero-order chi connectivity index (χ0) is 9.64. The van der Waals surface area contributed by atoms with E-state index in [4.69, 9.17) is 5.73 Å². The first-order valence-electron chi connectivity index (χ1n) is 4.10. The van der Waals surface area contributed by atoms with Crippen molar-refractivity contribution >= 4 is 21.2 Å². The smallest absolute Gasteiger partial charge is 0.190 e. The molecule has 2 N–H and O–H groups in total. The van der Waals surface area contributed by atoms with E-state index in [1.165, 1.54) is 11.3 Å². The van der Waals surface area contributed by atoms with Gasteiger partial charge in [0.25, 0.3) is 0 Å². The van der Waals surface area contributed by atoms with Gasteiger partial charge in [0, 0.05) is 6.04 Å². The van der Waals surface area contributed by atoms with Crippen LogP contribution in [0.25, 0.3) is 0 Å². The Balaban J connectivity index is 2.66. The van der Waals surface area contributed by atoms with Crippen molar-refractivity contribution in [3.8, 4) is 0 Å². The highest BCUT2D eigenvalue weighted by molar-refractivity contribution is 7.94. The molecule has 13 heavy (non-hydrogen) atoms. The Labute approximate surface area is 81.5 Å². The lowest BCUT2D eigenvalue weighted by Gasteiger charge is -2.23. The summed E-state index contributed by atoms with van der Waals surface area (Å²) in [7, 11) is -3.07. The molecule has 2 atom stereocenters. The van der Waals surface area contributed by atoms with E-state index >= 15 is 0 Å². The number of hydrogen-bond donors (Lipinski definition) is 1. The molecule has 1 aromatic heterocycles. The molecule has 1 aromatic rings. The van der Waals surface area contributed by atoms with Crippen LogP contribution in [0.1, 0.15) is 24.9 Å². The summed E-state index contributed by atoms with van der Waals surface area (Å²) < 4.78 is 24.0. The molecule has 0 radical (unpaired) electrons. The van der Waals surface area contributed by atoms with Crippen LogP contribution < -0.4 is 5.73 Å². The summed E-state index contributed by atoms with van der Waals surface area (Å²) in [4.78, 5) is 0. The summed E-state index contributed by atoms with van der Waals surface area (Å²) in [6.07, 6.45) is 0.534. The summed E-state index contributed by atoms with van der Waals surface area (Å²) in [5.74, 6) is 0. The number of sulfone groups is 1. The largest absolute Gasteiger partial charge is 0.324 e. The molecule has 1 aliphatic heterocycles. The molecular formula is C8H11NO2S2. The highest BCUT2D eigenvalue weighted by Crippen LogP contribution is 2.37. The first-order chi connectivity index (χ1) is 6.03. The monoisotopic (exact) mass is 217 g/mol. The van der Waals surface area contributed by atoms with E-state index < -0.39 is 9.84 Å². The summed E-state index contributed by atoms with van der Waals surface area (Å²) >= 11 is 1.27. The minimum atomic E-state index is -3.07. The van der Waals surface area contributed by atoms with Crippen molar-refractivity contribution in [2.45, 2.75) is 28.8 Å². The number of rotatable bonds is 0. The van der Waals surface area contributed by atoms with Crippen molar-refractivity contribution in [1.82, 2.24) is 0 Å². The van der Waals surface area contributed by atoms with Gasteiger partial charge in [0.15, 0.2) is 9.84 Å². The standard InChI is InChI=1S/C8H11NO2S2/c1-5-4-7(9)6-2-3-12-8(6)13(5,10)11/h2-3,5,7H,4,9H2,1H3. The summed E-state index contributed by atoms with van der Waals surface area (Å²) in [5, 5.41) is 1.45. The van der Waals surface area contributed by atoms with Gasteiger partial charge in [0.2, 0.25) is 0 Å². The average molecular weight is 217 g/mol. The van der Waals surface area contributed by atoms with E-state index in [1.807, 2.05) is 6.07 Å². The highest BCUT2D eigenvalue weighted by Gasteiger charge is 2.35. The van der Waals surface area contributed by atoms with E-state index in [2.05, 4.69) is 0 Å². The maximum atomic E-state index is 11.8. The van der Waals surface area contributed by atoms with Crippen LogP contribution in [0.3, 0.4) is 0 Å². The van der Waals surface area contributed by atoms with Gasteiger partial charge in [0.1, 0.15) is 4.21 Å². The minimum absolute atomic E-state index is 0.111. The molecule has 0 fully saturated rings. The van der Waals surface area contributed by atoms with E-state index in [1.54, 1.807) is 12.3 Å². The molecular weight excluding hydrogens is 206 g/mol. The first-order valence-corrected chi connectivity index (χ1v) is 6.53. The minimum Gasteiger partial charge on any atom is -0.324 e. The van der Waals surface area contributed by atoms with Crippen molar-refractivity contribution in [3.05, 3.63) is 17.0 Å². The van der Waals surface area contributed by atoms with E-state index in [9.17, 15) is 8.42 Å². The maximum absolute atomic E-state index is 11.8. The van der Waals surface area contributed by atoms with Crippen molar-refractivity contribution < 1.29 is 8.42 Å². The molecule has 72 valence electrons. The molecule has 5 heteroatoms. The Kier molecular flexibility index (Phi) is 1.98. The van der Waals surface area contributed by atoms with E-state index in [0.29, 0.717) is 10.6 Å². The second-order valence-electron chi connectivity index (χ2n) is 3.36. The van der Waals surface area contributed by atoms with Gasteiger partial charge in [-0.15, -0.1) is 11.3 Å². The van der Waals surface area contributed by atoms with Crippen LogP contribution in [0, 0.1) is 0 Å². The van der Waals surface area contributed by atoms with Crippen molar-refractivity contribution in [2.24, 2.45) is 5.73 Å². The molecule has 0 amide bonds. The maximum Gasteiger partial charge on any atom is 0.190 e. The molecule has 0 aliphatic carbocycles. The average Bonchev–Trinajstić information content (AvgIpc) is 2.49. The van der Waals surface area contributed by atoms with Gasteiger partial charge in [0.05, 0.1) is 5.25 Å². The molecule has 0 saturated carbocycles. The van der Waals surface area contributed by atoms with Crippen LogP contribution in [0.15, 0.2) is 15.7 Å². The number of fused-ring (bicyclic) bond motifs is 1. The summed E-state index contributed by atoms with van der Waals surface area (Å²) in [6, 6.07) is 1.70. The molecule has 0 spiro atoms. The molecule has 0 bridgehead atoms. The van der Waals surface area contributed by atoms with Crippen LogP contribution in [-0.2, 0) is 9.84 Å². The van der Waals surface area contributed by atoms with Crippen molar-refractivity contribution in [2.75, 3.05) is 0 Å². The number of nitrogens with two attached hydrogens (primary N) is 1. The van der Waals surface area contributed by atoms with E-state index in [0.717, 1.165) is 5.56 Å². The topological polar surface area (TPSA) is 60.2 Å². The second-order valence-corrected chi connectivity index (χ2v) is 6.84. The van der Waals surface area contributed by atoms with Crippen molar-refractivity contribution in [3.63, 3.8) is 0 Å². The van der Waals surface area contributed by atoms with Crippen LogP contribution in [0.5, 0.6) is 0 Å². The normalized spacial score (nSPS) is 31.2. The van der Waals surface area contributed by atoms with Crippen LogP contribution in [0.4, 0.5) is 0 Å². The van der Waals surface area contributed by atoms with Crippen LogP contribution >= 0.6 is 11.3 Å².